The van der Waals surface area contributed by atoms with Crippen LogP contribution in [0.4, 0.5) is 24.8 Å². The number of anilines is 2. The number of aromatic nitrogens is 5. The van der Waals surface area contributed by atoms with Crippen molar-refractivity contribution in [2.75, 3.05) is 11.9 Å². The van der Waals surface area contributed by atoms with E-state index < -0.39 is 11.6 Å². The van der Waals surface area contributed by atoms with E-state index in [-0.39, 0.29) is 40.1 Å². The molecule has 11 heteroatoms. The molecular weight excluding hydrogens is 483 g/mol. The van der Waals surface area contributed by atoms with Crippen LogP contribution in [-0.4, -0.2) is 37.0 Å². The van der Waals surface area contributed by atoms with Gasteiger partial charge in [-0.15, -0.1) is 0 Å². The Morgan fingerprint density at radius 1 is 1.08 bits per heavy atom. The van der Waals surface area contributed by atoms with Crippen LogP contribution in [0.5, 0.6) is 0 Å². The number of nitrogens with one attached hydrogen (secondary N) is 2. The van der Waals surface area contributed by atoms with E-state index in [4.69, 9.17) is 0 Å². The maximum absolute atomic E-state index is 13.7. The van der Waals surface area contributed by atoms with Crippen LogP contribution < -0.4 is 16.2 Å². The van der Waals surface area contributed by atoms with Gasteiger partial charge >= 0.3 is 6.18 Å². The summed E-state index contributed by atoms with van der Waals surface area (Å²) < 4.78 is 44.2. The van der Waals surface area contributed by atoms with Crippen molar-refractivity contribution in [2.45, 2.75) is 58.3 Å². The molecule has 0 saturated heterocycles. The largest absolute Gasteiger partial charge is 0.399 e. The minimum Gasteiger partial charge on any atom is -0.324 e. The van der Waals surface area contributed by atoms with Gasteiger partial charge in [0.25, 0.3) is 5.56 Å². The van der Waals surface area contributed by atoms with Gasteiger partial charge in [0.05, 0.1) is 5.69 Å². The highest BCUT2D eigenvalue weighted by molar-refractivity contribution is 5.77. The molecule has 194 valence electrons. The Hall–Kier alpha value is -3.73. The second-order valence-corrected chi connectivity index (χ2v) is 10.0. The van der Waals surface area contributed by atoms with Gasteiger partial charge in [-0.1, -0.05) is 12.1 Å². The highest BCUT2D eigenvalue weighted by atomic mass is 19.4. The fraction of sp³-hybridized carbons (Fsp3) is 0.385. The zero-order valence-electron chi connectivity index (χ0n) is 21.0. The first-order chi connectivity index (χ1) is 17.5. The summed E-state index contributed by atoms with van der Waals surface area (Å²) in [6.45, 7) is 7.51. The molecular formula is C26H28F3N7O. The number of benzene rings is 1. The van der Waals surface area contributed by atoms with Gasteiger partial charge in [0.1, 0.15) is 10.8 Å². The van der Waals surface area contributed by atoms with Crippen molar-refractivity contribution in [1.82, 2.24) is 29.6 Å². The number of rotatable bonds is 5. The molecule has 37 heavy (non-hydrogen) atoms. The zero-order valence-corrected chi connectivity index (χ0v) is 21.0. The maximum atomic E-state index is 13.7. The standard InChI is InChI=1S/C26H28F3N7O/c1-15(2)35-23(37)19-14-31-24(32-18-9-8-16-10-11-30-13-17(16)12-18)34-22(19)36(35)21-7-5-6-20(33-21)25(3,4)26(27,28)29/h5-9,12,14-15,30H,10-11,13H2,1-4H3,(H,31,32,34). The molecule has 4 heterocycles. The summed E-state index contributed by atoms with van der Waals surface area (Å²) in [5, 5.41) is 6.79. The van der Waals surface area contributed by atoms with Crippen molar-refractivity contribution in [2.24, 2.45) is 0 Å². The van der Waals surface area contributed by atoms with Gasteiger partial charge in [-0.2, -0.15) is 18.2 Å². The van der Waals surface area contributed by atoms with E-state index in [9.17, 15) is 18.0 Å². The normalized spacial score (nSPS) is 14.3. The number of hydrogen-bond donors (Lipinski definition) is 2. The van der Waals surface area contributed by atoms with Crippen LogP contribution >= 0.6 is 0 Å². The Labute approximate surface area is 211 Å². The summed E-state index contributed by atoms with van der Waals surface area (Å²) in [6.07, 6.45) is -2.10. The molecule has 4 aromatic rings. The fourth-order valence-corrected chi connectivity index (χ4v) is 4.47. The van der Waals surface area contributed by atoms with Gasteiger partial charge in [-0.05, 0) is 76.1 Å². The van der Waals surface area contributed by atoms with E-state index in [1.165, 1.54) is 38.8 Å². The second kappa shape index (κ2) is 8.98. The van der Waals surface area contributed by atoms with E-state index in [0.29, 0.717) is 0 Å². The minimum atomic E-state index is -4.50. The molecule has 3 aromatic heterocycles. The predicted octanol–water partition coefficient (Wildman–Crippen LogP) is 4.79. The molecule has 0 fully saturated rings. The lowest BCUT2D eigenvalue weighted by Crippen LogP contribution is -2.37. The fourth-order valence-electron chi connectivity index (χ4n) is 4.47. The monoisotopic (exact) mass is 511 g/mol. The van der Waals surface area contributed by atoms with Crippen LogP contribution in [0.2, 0.25) is 0 Å². The molecule has 0 aliphatic carbocycles. The van der Waals surface area contributed by atoms with Crippen molar-refractivity contribution in [3.8, 4) is 5.82 Å². The molecule has 0 unspecified atom stereocenters. The molecule has 0 atom stereocenters. The third-order valence-electron chi connectivity index (χ3n) is 6.76. The Kier molecular flexibility index (Phi) is 6.06. The van der Waals surface area contributed by atoms with Gasteiger partial charge in [-0.3, -0.25) is 4.79 Å². The summed E-state index contributed by atoms with van der Waals surface area (Å²) in [5.74, 6) is 0.429. The van der Waals surface area contributed by atoms with E-state index in [1.54, 1.807) is 6.07 Å². The second-order valence-electron chi connectivity index (χ2n) is 10.0. The molecule has 5 rings (SSSR count). The van der Waals surface area contributed by atoms with Crippen LogP contribution in [-0.2, 0) is 18.4 Å². The number of halogens is 3. The first-order valence-corrected chi connectivity index (χ1v) is 12.1. The maximum Gasteiger partial charge on any atom is 0.399 e. The minimum absolute atomic E-state index is 0.155. The van der Waals surface area contributed by atoms with Gasteiger partial charge in [0.15, 0.2) is 11.5 Å². The number of hydrogen-bond acceptors (Lipinski definition) is 6. The van der Waals surface area contributed by atoms with E-state index in [2.05, 4.69) is 31.7 Å². The van der Waals surface area contributed by atoms with E-state index in [0.717, 1.165) is 39.0 Å². The SMILES string of the molecule is CC(C)n1c(=O)c2cnc(Nc3ccc4c(c3)CNCC4)nc2n1-c1cccc(C(C)(C)C(F)(F)F)n1. The molecule has 0 amide bonds. The Morgan fingerprint density at radius 3 is 2.59 bits per heavy atom. The van der Waals surface area contributed by atoms with Crippen LogP contribution in [0.15, 0.2) is 47.4 Å². The first kappa shape index (κ1) is 24.9. The average Bonchev–Trinajstić information content (AvgIpc) is 3.15. The van der Waals surface area contributed by atoms with Gasteiger partial charge in [0.2, 0.25) is 5.95 Å². The highest BCUT2D eigenvalue weighted by Gasteiger charge is 2.49. The first-order valence-electron chi connectivity index (χ1n) is 12.1. The molecule has 1 aromatic carbocycles. The van der Waals surface area contributed by atoms with E-state index >= 15 is 0 Å². The third kappa shape index (κ3) is 4.37. The molecule has 0 radical (unpaired) electrons. The van der Waals surface area contributed by atoms with Gasteiger partial charge in [-0.25, -0.2) is 19.3 Å². The lowest BCUT2D eigenvalue weighted by atomic mass is 9.88. The molecule has 2 N–H and O–H groups in total. The summed E-state index contributed by atoms with van der Waals surface area (Å²) in [6, 6.07) is 10.2. The summed E-state index contributed by atoms with van der Waals surface area (Å²) in [4.78, 5) is 26.6. The van der Waals surface area contributed by atoms with Crippen molar-refractivity contribution >= 4 is 22.7 Å². The van der Waals surface area contributed by atoms with Gasteiger partial charge < -0.3 is 10.6 Å². The molecule has 0 bridgehead atoms. The van der Waals surface area contributed by atoms with Crippen molar-refractivity contribution in [3.05, 3.63) is 69.8 Å². The van der Waals surface area contributed by atoms with Crippen molar-refractivity contribution < 1.29 is 13.2 Å². The molecule has 0 spiro atoms. The lowest BCUT2D eigenvalue weighted by molar-refractivity contribution is -0.181. The van der Waals surface area contributed by atoms with Crippen LogP contribution in [0, 0.1) is 0 Å². The van der Waals surface area contributed by atoms with Crippen LogP contribution in [0.1, 0.15) is 50.6 Å². The lowest BCUT2D eigenvalue weighted by Gasteiger charge is -2.27. The molecule has 0 saturated carbocycles. The van der Waals surface area contributed by atoms with Crippen molar-refractivity contribution in [3.63, 3.8) is 0 Å². The van der Waals surface area contributed by atoms with Crippen molar-refractivity contribution in [1.29, 1.82) is 0 Å². The summed E-state index contributed by atoms with van der Waals surface area (Å²) in [7, 11) is 0. The number of nitrogens with zero attached hydrogens (tertiary/aromatic N) is 5. The van der Waals surface area contributed by atoms with Gasteiger partial charge in [0, 0.05) is 24.5 Å². The molecule has 1 aliphatic heterocycles. The quantitative estimate of drug-likeness (QED) is 0.401. The van der Waals surface area contributed by atoms with Crippen LogP contribution in [0.25, 0.3) is 16.9 Å². The topological polar surface area (TPSA) is 89.7 Å². The van der Waals surface area contributed by atoms with E-state index in [1.807, 2.05) is 26.0 Å². The summed E-state index contributed by atoms with van der Waals surface area (Å²) >= 11 is 0. The zero-order chi connectivity index (χ0) is 26.5. The number of fused-ring (bicyclic) bond motifs is 2. The van der Waals surface area contributed by atoms with Crippen LogP contribution in [0.3, 0.4) is 0 Å². The Balaban J connectivity index is 1.63. The Morgan fingerprint density at radius 2 is 1.86 bits per heavy atom. The Bertz CT molecular complexity index is 1540. The third-order valence-corrected chi connectivity index (χ3v) is 6.76. The summed E-state index contributed by atoms with van der Waals surface area (Å²) in [5.41, 5.74) is 0.842. The smallest absolute Gasteiger partial charge is 0.324 e. The number of pyridine rings is 1. The molecule has 8 nitrogen and oxygen atoms in total. The molecule has 1 aliphatic rings. The predicted molar refractivity (Wildman–Crippen MR) is 136 cm³/mol. The average molecular weight is 512 g/mol. The number of alkyl halides is 3. The highest BCUT2D eigenvalue weighted by Crippen LogP contribution is 2.39.